The average Bonchev–Trinajstić information content (AvgIpc) is 2.74. The Balaban J connectivity index is 1.84. The van der Waals surface area contributed by atoms with Crippen molar-refractivity contribution in [2.24, 2.45) is 5.16 Å². The number of hydrogen-bond donors (Lipinski definition) is 2. The largest absolute Gasteiger partial charge is 0.487 e. The summed E-state index contributed by atoms with van der Waals surface area (Å²) in [6.07, 6.45) is 2.46. The van der Waals surface area contributed by atoms with Gasteiger partial charge in [0, 0.05) is 24.2 Å². The van der Waals surface area contributed by atoms with Crippen molar-refractivity contribution in [1.82, 2.24) is 0 Å². The molecular weight excluding hydrogens is 396 g/mol. The molecule has 2 aromatic rings. The van der Waals surface area contributed by atoms with Gasteiger partial charge in [0.05, 0.1) is 5.56 Å². The molecule has 7 heteroatoms. The zero-order valence-corrected chi connectivity index (χ0v) is 18.1. The van der Waals surface area contributed by atoms with E-state index in [1.807, 2.05) is 23.1 Å². The summed E-state index contributed by atoms with van der Waals surface area (Å²) in [5.74, 6) is -0.405. The van der Waals surface area contributed by atoms with E-state index in [-0.39, 0.29) is 23.5 Å². The molecule has 1 heterocycles. The molecular formula is C24H28N2O5. The van der Waals surface area contributed by atoms with E-state index < -0.39 is 5.97 Å². The molecule has 3 rings (SSSR count). The molecule has 0 aliphatic carbocycles. The first-order valence-electron chi connectivity index (χ1n) is 10.3. The molecule has 0 atom stereocenters. The summed E-state index contributed by atoms with van der Waals surface area (Å²) in [6, 6.07) is 11.7. The van der Waals surface area contributed by atoms with E-state index in [0.29, 0.717) is 30.0 Å². The number of carbonyl (C=O) groups excluding carboxylic acids is 1. The molecule has 0 unspecified atom stereocenters. The third kappa shape index (κ3) is 5.23. The van der Waals surface area contributed by atoms with Crippen molar-refractivity contribution in [2.75, 3.05) is 18.1 Å². The van der Waals surface area contributed by atoms with Gasteiger partial charge in [0.25, 0.3) is 0 Å². The lowest BCUT2D eigenvalue weighted by molar-refractivity contribution is -0.119. The summed E-state index contributed by atoms with van der Waals surface area (Å²) < 4.78 is 5.69. The molecule has 0 radical (unpaired) electrons. The summed E-state index contributed by atoms with van der Waals surface area (Å²) in [4.78, 5) is 25.3. The number of benzene rings is 2. The normalized spacial score (nSPS) is 15.1. The number of carboxylic acid groups (broad SMARTS) is 1. The topological polar surface area (TPSA) is 99.4 Å². The number of nitrogens with zero attached hydrogens (tertiary/aromatic N) is 2. The summed E-state index contributed by atoms with van der Waals surface area (Å²) in [5.41, 5.74) is 2.86. The summed E-state index contributed by atoms with van der Waals surface area (Å²) in [6.45, 7) is 6.97. The highest BCUT2D eigenvalue weighted by Gasteiger charge is 2.27. The lowest BCUT2D eigenvalue weighted by Gasteiger charge is -2.33. The molecule has 1 fully saturated rings. The van der Waals surface area contributed by atoms with Gasteiger partial charge >= 0.3 is 5.97 Å². The minimum absolute atomic E-state index is 0.00843. The summed E-state index contributed by atoms with van der Waals surface area (Å²) in [7, 11) is 0. The highest BCUT2D eigenvalue weighted by atomic mass is 16.5. The Bertz CT molecular complexity index is 990. The SMILES string of the molecule is CC(C)(C)c1cc(/C(COc2ccc(C(=O)O)cc2)=N/O)ccc1N1CCCCC1=O. The predicted molar refractivity (Wildman–Crippen MR) is 119 cm³/mol. The van der Waals surface area contributed by atoms with E-state index in [9.17, 15) is 14.8 Å². The monoisotopic (exact) mass is 424 g/mol. The van der Waals surface area contributed by atoms with Crippen molar-refractivity contribution in [2.45, 2.75) is 45.4 Å². The first-order chi connectivity index (χ1) is 14.7. The molecule has 1 amide bonds. The molecule has 7 nitrogen and oxygen atoms in total. The number of amides is 1. The highest BCUT2D eigenvalue weighted by molar-refractivity contribution is 6.03. The maximum absolute atomic E-state index is 12.5. The van der Waals surface area contributed by atoms with Crippen LogP contribution in [0.5, 0.6) is 5.75 Å². The second-order valence-electron chi connectivity index (χ2n) is 8.65. The van der Waals surface area contributed by atoms with E-state index in [2.05, 4.69) is 25.9 Å². The predicted octanol–water partition coefficient (Wildman–Crippen LogP) is 4.46. The first-order valence-corrected chi connectivity index (χ1v) is 10.3. The van der Waals surface area contributed by atoms with Crippen LogP contribution in [0.15, 0.2) is 47.6 Å². The number of anilines is 1. The van der Waals surface area contributed by atoms with Gasteiger partial charge in [-0.15, -0.1) is 0 Å². The smallest absolute Gasteiger partial charge is 0.335 e. The molecule has 2 aromatic carbocycles. The van der Waals surface area contributed by atoms with Crippen molar-refractivity contribution in [3.05, 3.63) is 59.2 Å². The fourth-order valence-corrected chi connectivity index (χ4v) is 3.63. The van der Waals surface area contributed by atoms with Gasteiger partial charge in [-0.05, 0) is 60.2 Å². The van der Waals surface area contributed by atoms with Gasteiger partial charge in [0.1, 0.15) is 18.1 Å². The Morgan fingerprint density at radius 1 is 1.10 bits per heavy atom. The van der Waals surface area contributed by atoms with E-state index >= 15 is 0 Å². The van der Waals surface area contributed by atoms with Crippen LogP contribution in [0.1, 0.15) is 61.5 Å². The molecule has 0 spiro atoms. The maximum Gasteiger partial charge on any atom is 0.335 e. The Hall–Kier alpha value is -3.35. The lowest BCUT2D eigenvalue weighted by atomic mass is 9.83. The van der Waals surface area contributed by atoms with Crippen LogP contribution in [0, 0.1) is 0 Å². The van der Waals surface area contributed by atoms with E-state index in [1.165, 1.54) is 12.1 Å². The van der Waals surface area contributed by atoms with E-state index in [4.69, 9.17) is 9.84 Å². The number of hydrogen-bond acceptors (Lipinski definition) is 5. The highest BCUT2D eigenvalue weighted by Crippen LogP contribution is 2.35. The number of rotatable bonds is 6. The molecule has 1 aliphatic heterocycles. The average molecular weight is 424 g/mol. The van der Waals surface area contributed by atoms with Gasteiger partial charge in [0.2, 0.25) is 5.91 Å². The Labute approximate surface area is 181 Å². The van der Waals surface area contributed by atoms with Crippen molar-refractivity contribution in [3.63, 3.8) is 0 Å². The van der Waals surface area contributed by atoms with Gasteiger partial charge in [-0.2, -0.15) is 0 Å². The Kier molecular flexibility index (Phi) is 6.63. The van der Waals surface area contributed by atoms with Crippen LogP contribution in [-0.2, 0) is 10.2 Å². The Morgan fingerprint density at radius 2 is 1.77 bits per heavy atom. The van der Waals surface area contributed by atoms with Crippen LogP contribution in [0.25, 0.3) is 0 Å². The van der Waals surface area contributed by atoms with Crippen LogP contribution in [0.2, 0.25) is 0 Å². The second kappa shape index (κ2) is 9.20. The second-order valence-corrected chi connectivity index (χ2v) is 8.65. The van der Waals surface area contributed by atoms with Gasteiger partial charge in [-0.3, -0.25) is 4.79 Å². The molecule has 1 aliphatic rings. The fourth-order valence-electron chi connectivity index (χ4n) is 3.63. The first kappa shape index (κ1) is 22.3. The molecule has 31 heavy (non-hydrogen) atoms. The van der Waals surface area contributed by atoms with Crippen LogP contribution >= 0.6 is 0 Å². The minimum atomic E-state index is -1.01. The molecule has 0 aromatic heterocycles. The minimum Gasteiger partial charge on any atom is -0.487 e. The number of piperidine rings is 1. The standard InChI is InChI=1S/C24H28N2O5/c1-24(2,3)19-14-17(9-12-21(19)26-13-5-4-6-22(26)27)20(25-30)15-31-18-10-7-16(8-11-18)23(28)29/h7-12,14,30H,4-6,13,15H2,1-3H3,(H,28,29)/b25-20+. The lowest BCUT2D eigenvalue weighted by Crippen LogP contribution is -2.37. The van der Waals surface area contributed by atoms with Crippen LogP contribution in [-0.4, -0.2) is 41.1 Å². The maximum atomic E-state index is 12.5. The number of ether oxygens (including phenoxy) is 1. The van der Waals surface area contributed by atoms with Gasteiger partial charge in [0.15, 0.2) is 0 Å². The van der Waals surface area contributed by atoms with E-state index in [0.717, 1.165) is 24.1 Å². The molecule has 0 bridgehead atoms. The Morgan fingerprint density at radius 3 is 2.35 bits per heavy atom. The zero-order chi connectivity index (χ0) is 22.6. The van der Waals surface area contributed by atoms with Gasteiger partial charge < -0.3 is 20.0 Å². The van der Waals surface area contributed by atoms with Crippen LogP contribution < -0.4 is 9.64 Å². The van der Waals surface area contributed by atoms with Crippen molar-refractivity contribution in [3.8, 4) is 5.75 Å². The van der Waals surface area contributed by atoms with Crippen molar-refractivity contribution < 1.29 is 24.6 Å². The number of carboxylic acids is 1. The van der Waals surface area contributed by atoms with Crippen molar-refractivity contribution in [1.29, 1.82) is 0 Å². The van der Waals surface area contributed by atoms with Crippen molar-refractivity contribution >= 4 is 23.3 Å². The summed E-state index contributed by atoms with van der Waals surface area (Å²) >= 11 is 0. The number of oxime groups is 1. The van der Waals surface area contributed by atoms with Crippen LogP contribution in [0.3, 0.4) is 0 Å². The van der Waals surface area contributed by atoms with E-state index in [1.54, 1.807) is 12.1 Å². The molecule has 0 saturated carbocycles. The zero-order valence-electron chi connectivity index (χ0n) is 18.1. The third-order valence-electron chi connectivity index (χ3n) is 5.35. The molecule has 1 saturated heterocycles. The van der Waals surface area contributed by atoms with Gasteiger partial charge in [-0.1, -0.05) is 32.0 Å². The molecule has 164 valence electrons. The van der Waals surface area contributed by atoms with Crippen LogP contribution in [0.4, 0.5) is 5.69 Å². The molecule has 2 N–H and O–H groups in total. The number of carbonyl (C=O) groups is 2. The quantitative estimate of drug-likeness (QED) is 0.405. The summed E-state index contributed by atoms with van der Waals surface area (Å²) in [5, 5.41) is 22.0. The fraction of sp³-hybridized carbons (Fsp3) is 0.375. The number of aromatic carboxylic acids is 1. The van der Waals surface area contributed by atoms with Gasteiger partial charge in [-0.25, -0.2) is 4.79 Å². The third-order valence-corrected chi connectivity index (χ3v) is 5.35.